The van der Waals surface area contributed by atoms with Crippen LogP contribution < -0.4 is 4.90 Å². The summed E-state index contributed by atoms with van der Waals surface area (Å²) in [5, 5.41) is 9.37. The predicted octanol–water partition coefficient (Wildman–Crippen LogP) is 3.78. The number of anilines is 1. The van der Waals surface area contributed by atoms with Crippen molar-refractivity contribution in [3.05, 3.63) is 65.2 Å². The van der Waals surface area contributed by atoms with Crippen molar-refractivity contribution in [3.8, 4) is 0 Å². The zero-order valence-corrected chi connectivity index (χ0v) is 13.1. The van der Waals surface area contributed by atoms with E-state index < -0.39 is 24.5 Å². The summed E-state index contributed by atoms with van der Waals surface area (Å²) in [5.41, 5.74) is 1.14. The number of hydrogen-bond acceptors (Lipinski definition) is 3. The van der Waals surface area contributed by atoms with Gasteiger partial charge in [-0.1, -0.05) is 42.5 Å². The van der Waals surface area contributed by atoms with Crippen molar-refractivity contribution < 1.29 is 28.2 Å². The average molecular weight is 347 g/mol. The summed E-state index contributed by atoms with van der Waals surface area (Å²) in [5.74, 6) is -1.22. The number of fused-ring (bicyclic) bond motifs is 1. The van der Waals surface area contributed by atoms with Crippen molar-refractivity contribution in [3.63, 3.8) is 0 Å². The van der Waals surface area contributed by atoms with Crippen LogP contribution in [0.15, 0.2) is 48.5 Å². The van der Waals surface area contributed by atoms with Gasteiger partial charge >= 0.3 is 12.1 Å². The van der Waals surface area contributed by atoms with Gasteiger partial charge in [0.25, 0.3) is 6.43 Å². The third-order valence-corrected chi connectivity index (χ3v) is 4.03. The lowest BCUT2D eigenvalue weighted by molar-refractivity contribution is -0.138. The normalized spacial score (nSPS) is 16.0. The lowest BCUT2D eigenvalue weighted by Gasteiger charge is -2.22. The molecule has 2 aromatic rings. The molecule has 3 rings (SSSR count). The number of nitrogens with zero attached hydrogens (tertiary/aromatic N) is 1. The number of benzene rings is 2. The minimum atomic E-state index is -2.71. The van der Waals surface area contributed by atoms with Crippen LogP contribution in [-0.2, 0) is 22.6 Å². The molecule has 1 aliphatic heterocycles. The van der Waals surface area contributed by atoms with Crippen LogP contribution in [0.4, 0.5) is 19.3 Å². The highest BCUT2D eigenvalue weighted by molar-refractivity contribution is 5.98. The third kappa shape index (κ3) is 3.45. The summed E-state index contributed by atoms with van der Waals surface area (Å²) in [7, 11) is 0. The molecule has 0 aromatic heterocycles. The van der Waals surface area contributed by atoms with Crippen molar-refractivity contribution in [1.82, 2.24) is 0 Å². The number of carboxylic acids is 1. The summed E-state index contributed by atoms with van der Waals surface area (Å²) in [4.78, 5) is 24.8. The summed E-state index contributed by atoms with van der Waals surface area (Å²) >= 11 is 0. The Morgan fingerprint density at radius 3 is 2.56 bits per heavy atom. The largest absolute Gasteiger partial charge is 0.480 e. The Morgan fingerprint density at radius 1 is 1.20 bits per heavy atom. The topological polar surface area (TPSA) is 66.8 Å². The number of rotatable bonds is 4. The molecule has 1 unspecified atom stereocenters. The van der Waals surface area contributed by atoms with Crippen LogP contribution in [0, 0.1) is 0 Å². The zero-order valence-electron chi connectivity index (χ0n) is 13.1. The second-order valence-corrected chi connectivity index (χ2v) is 5.66. The van der Waals surface area contributed by atoms with Gasteiger partial charge in [-0.05, 0) is 17.2 Å². The number of alkyl halides is 2. The Kier molecular flexibility index (Phi) is 4.65. The highest BCUT2D eigenvalue weighted by Gasteiger charge is 2.40. The summed E-state index contributed by atoms with van der Waals surface area (Å²) in [6, 6.07) is 11.5. The molecule has 0 saturated carbocycles. The smallest absolute Gasteiger partial charge is 0.415 e. The molecule has 1 atom stereocenters. The Hall–Kier alpha value is -2.96. The lowest BCUT2D eigenvalue weighted by atomic mass is 10.1. The van der Waals surface area contributed by atoms with E-state index >= 15 is 0 Å². The Labute approximate surface area is 142 Å². The van der Waals surface area contributed by atoms with E-state index in [0.29, 0.717) is 5.56 Å². The lowest BCUT2D eigenvalue weighted by Crippen LogP contribution is -2.43. The van der Waals surface area contributed by atoms with Gasteiger partial charge in [0.2, 0.25) is 0 Å². The standard InChI is InChI=1S/C18H15F2NO4/c19-16(20)13-7-6-12-8-15(17(22)23)21(14(12)9-13)18(24)25-10-11-4-2-1-3-5-11/h1-7,9,15-16H,8,10H2,(H,22,23). The van der Waals surface area contributed by atoms with Crippen molar-refractivity contribution >= 4 is 17.7 Å². The van der Waals surface area contributed by atoms with Gasteiger partial charge in [0, 0.05) is 12.0 Å². The summed E-state index contributed by atoms with van der Waals surface area (Å²) in [6.45, 7) is -0.0353. The number of amides is 1. The average Bonchev–Trinajstić information content (AvgIpc) is 2.99. The van der Waals surface area contributed by atoms with Gasteiger partial charge in [-0.3, -0.25) is 4.90 Å². The Bertz CT molecular complexity index is 795. The highest BCUT2D eigenvalue weighted by Crippen LogP contribution is 2.36. The van der Waals surface area contributed by atoms with Crippen LogP contribution in [0.5, 0.6) is 0 Å². The minimum absolute atomic E-state index is 0.0353. The molecule has 1 amide bonds. The van der Waals surface area contributed by atoms with E-state index in [0.717, 1.165) is 16.5 Å². The molecule has 130 valence electrons. The van der Waals surface area contributed by atoms with E-state index in [-0.39, 0.29) is 24.3 Å². The molecule has 5 nitrogen and oxygen atoms in total. The van der Waals surface area contributed by atoms with Crippen LogP contribution in [0.3, 0.4) is 0 Å². The number of halogens is 2. The number of aliphatic carboxylic acids is 1. The van der Waals surface area contributed by atoms with Crippen molar-refractivity contribution in [2.75, 3.05) is 4.90 Å². The van der Waals surface area contributed by atoms with Gasteiger partial charge in [-0.2, -0.15) is 0 Å². The fourth-order valence-electron chi connectivity index (χ4n) is 2.79. The Balaban J connectivity index is 1.85. The summed E-state index contributed by atoms with van der Waals surface area (Å²) < 4.78 is 31.1. The van der Waals surface area contributed by atoms with Crippen LogP contribution in [-0.4, -0.2) is 23.2 Å². The second kappa shape index (κ2) is 6.88. The molecule has 25 heavy (non-hydrogen) atoms. The molecule has 1 N–H and O–H groups in total. The van der Waals surface area contributed by atoms with E-state index in [4.69, 9.17) is 4.74 Å². The Morgan fingerprint density at radius 2 is 1.92 bits per heavy atom. The molecule has 0 radical (unpaired) electrons. The zero-order chi connectivity index (χ0) is 18.0. The molecule has 0 spiro atoms. The number of carbonyl (C=O) groups excluding carboxylic acids is 1. The van der Waals surface area contributed by atoms with Gasteiger partial charge in [0.05, 0.1) is 5.69 Å². The van der Waals surface area contributed by atoms with E-state index in [2.05, 4.69) is 0 Å². The molecular weight excluding hydrogens is 332 g/mol. The number of hydrogen-bond donors (Lipinski definition) is 1. The maximum atomic E-state index is 12.9. The molecule has 0 saturated heterocycles. The van der Waals surface area contributed by atoms with Crippen molar-refractivity contribution in [2.24, 2.45) is 0 Å². The first-order chi connectivity index (χ1) is 12.0. The van der Waals surface area contributed by atoms with Crippen molar-refractivity contribution in [2.45, 2.75) is 25.5 Å². The van der Waals surface area contributed by atoms with E-state index in [9.17, 15) is 23.5 Å². The number of carbonyl (C=O) groups is 2. The van der Waals surface area contributed by atoms with Crippen LogP contribution in [0.2, 0.25) is 0 Å². The molecule has 2 aromatic carbocycles. The maximum absolute atomic E-state index is 12.9. The van der Waals surface area contributed by atoms with Gasteiger partial charge in [0.15, 0.2) is 0 Å². The first-order valence-electron chi connectivity index (χ1n) is 7.61. The molecule has 0 fully saturated rings. The fourth-order valence-corrected chi connectivity index (χ4v) is 2.79. The quantitative estimate of drug-likeness (QED) is 0.914. The van der Waals surface area contributed by atoms with Gasteiger partial charge in [-0.25, -0.2) is 18.4 Å². The fraction of sp³-hybridized carbons (Fsp3) is 0.222. The van der Waals surface area contributed by atoms with Crippen LogP contribution >= 0.6 is 0 Å². The van der Waals surface area contributed by atoms with Gasteiger partial charge in [0.1, 0.15) is 12.6 Å². The van der Waals surface area contributed by atoms with Gasteiger partial charge in [-0.15, -0.1) is 0 Å². The molecule has 7 heteroatoms. The predicted molar refractivity (Wildman–Crippen MR) is 85.6 cm³/mol. The third-order valence-electron chi connectivity index (χ3n) is 4.03. The van der Waals surface area contributed by atoms with E-state index in [1.807, 2.05) is 6.07 Å². The highest BCUT2D eigenvalue weighted by atomic mass is 19.3. The number of carboxylic acid groups (broad SMARTS) is 1. The molecule has 0 bridgehead atoms. The first kappa shape index (κ1) is 16.9. The van der Waals surface area contributed by atoms with Crippen molar-refractivity contribution in [1.29, 1.82) is 0 Å². The minimum Gasteiger partial charge on any atom is -0.480 e. The molecular formula is C18H15F2NO4. The molecule has 1 aliphatic rings. The first-order valence-corrected chi connectivity index (χ1v) is 7.61. The monoisotopic (exact) mass is 347 g/mol. The maximum Gasteiger partial charge on any atom is 0.415 e. The van der Waals surface area contributed by atoms with Crippen LogP contribution in [0.25, 0.3) is 0 Å². The second-order valence-electron chi connectivity index (χ2n) is 5.66. The molecule has 0 aliphatic carbocycles. The van der Waals surface area contributed by atoms with E-state index in [1.54, 1.807) is 24.3 Å². The molecule has 1 heterocycles. The number of ether oxygens (including phenoxy) is 1. The summed E-state index contributed by atoms with van der Waals surface area (Å²) in [6.07, 6.45) is -3.54. The SMILES string of the molecule is O=C(O)C1Cc2ccc(C(F)F)cc2N1C(=O)OCc1ccccc1. The van der Waals surface area contributed by atoms with Crippen LogP contribution in [0.1, 0.15) is 23.1 Å². The van der Waals surface area contributed by atoms with Gasteiger partial charge < -0.3 is 9.84 Å². The van der Waals surface area contributed by atoms with E-state index in [1.165, 1.54) is 12.1 Å².